The number of nitrogens with zero attached hydrogens (tertiary/aromatic N) is 2. The monoisotopic (exact) mass is 377 g/mol. The van der Waals surface area contributed by atoms with Crippen molar-refractivity contribution in [2.45, 2.75) is 0 Å². The van der Waals surface area contributed by atoms with Crippen LogP contribution in [-0.2, 0) is 0 Å². The summed E-state index contributed by atoms with van der Waals surface area (Å²) in [4.78, 5) is 22.1. The average Bonchev–Trinajstić information content (AvgIpc) is 2.55. The molecule has 118 valence electrons. The Morgan fingerprint density at radius 2 is 2.00 bits per heavy atom. The van der Waals surface area contributed by atoms with Crippen LogP contribution in [-0.4, -0.2) is 24.2 Å². The number of rotatable bonds is 5. The lowest BCUT2D eigenvalue weighted by atomic mass is 10.2. The number of amides is 1. The summed E-state index contributed by atoms with van der Waals surface area (Å²) in [6.45, 7) is 0. The number of carbonyl (C=O) groups is 1. The maximum absolute atomic E-state index is 12.1. The van der Waals surface area contributed by atoms with Crippen molar-refractivity contribution >= 4 is 33.7 Å². The summed E-state index contributed by atoms with van der Waals surface area (Å²) in [5.74, 6) is -0.00470. The van der Waals surface area contributed by atoms with E-state index in [1.165, 1.54) is 37.6 Å². The van der Waals surface area contributed by atoms with E-state index in [0.717, 1.165) is 4.47 Å². The Bertz CT molecular complexity index is 760. The van der Waals surface area contributed by atoms with Gasteiger partial charge in [0, 0.05) is 16.6 Å². The molecule has 0 aromatic heterocycles. The Balaban J connectivity index is 2.05. The van der Waals surface area contributed by atoms with Gasteiger partial charge in [0.25, 0.3) is 11.6 Å². The molecule has 0 atom stereocenters. The second-order valence-corrected chi connectivity index (χ2v) is 5.31. The van der Waals surface area contributed by atoms with Crippen LogP contribution in [0.3, 0.4) is 0 Å². The van der Waals surface area contributed by atoms with Crippen molar-refractivity contribution in [2.75, 3.05) is 7.11 Å². The zero-order valence-corrected chi connectivity index (χ0v) is 13.6. The molecule has 2 aromatic rings. The van der Waals surface area contributed by atoms with E-state index in [1.54, 1.807) is 18.2 Å². The summed E-state index contributed by atoms with van der Waals surface area (Å²) in [6, 6.07) is 10.8. The van der Waals surface area contributed by atoms with E-state index < -0.39 is 10.8 Å². The Kier molecular flexibility index (Phi) is 5.42. The Labute approximate surface area is 140 Å². The zero-order chi connectivity index (χ0) is 16.8. The van der Waals surface area contributed by atoms with Gasteiger partial charge in [-0.15, -0.1) is 0 Å². The second-order valence-electron chi connectivity index (χ2n) is 4.39. The van der Waals surface area contributed by atoms with Gasteiger partial charge in [-0.1, -0.05) is 15.9 Å². The van der Waals surface area contributed by atoms with Gasteiger partial charge in [0.1, 0.15) is 5.75 Å². The number of methoxy groups -OCH3 is 1. The van der Waals surface area contributed by atoms with Crippen LogP contribution in [0, 0.1) is 10.1 Å². The molecule has 0 saturated carbocycles. The molecule has 0 bridgehead atoms. The van der Waals surface area contributed by atoms with Crippen LogP contribution in [0.25, 0.3) is 0 Å². The predicted octanol–water partition coefficient (Wildman–Crippen LogP) is 3.13. The standard InChI is InChI=1S/C15H12BrN3O4/c1-23-14-8-11(16)4-7-13(14)15(20)18-17-9-10-2-5-12(6-3-10)19(21)22/h2-9H,1H3,(H,18,20)/b17-9-. The van der Waals surface area contributed by atoms with E-state index >= 15 is 0 Å². The highest BCUT2D eigenvalue weighted by Crippen LogP contribution is 2.23. The molecule has 0 saturated heterocycles. The first-order chi connectivity index (χ1) is 11.0. The smallest absolute Gasteiger partial charge is 0.275 e. The van der Waals surface area contributed by atoms with Gasteiger partial charge in [-0.05, 0) is 35.9 Å². The van der Waals surface area contributed by atoms with Crippen molar-refractivity contribution in [3.63, 3.8) is 0 Å². The number of hydrogen-bond donors (Lipinski definition) is 1. The number of non-ortho nitro benzene ring substituents is 1. The molecule has 23 heavy (non-hydrogen) atoms. The van der Waals surface area contributed by atoms with Crippen LogP contribution in [0.15, 0.2) is 52.0 Å². The van der Waals surface area contributed by atoms with Crippen molar-refractivity contribution in [3.8, 4) is 5.75 Å². The van der Waals surface area contributed by atoms with E-state index in [9.17, 15) is 14.9 Å². The number of ether oxygens (including phenoxy) is 1. The van der Waals surface area contributed by atoms with Crippen LogP contribution in [0.5, 0.6) is 5.75 Å². The molecule has 0 fully saturated rings. The predicted molar refractivity (Wildman–Crippen MR) is 88.9 cm³/mol. The van der Waals surface area contributed by atoms with Gasteiger partial charge in [0.05, 0.1) is 23.8 Å². The number of nitrogens with one attached hydrogen (secondary N) is 1. The number of hydrogen-bond acceptors (Lipinski definition) is 5. The highest BCUT2D eigenvalue weighted by molar-refractivity contribution is 9.10. The van der Waals surface area contributed by atoms with Crippen molar-refractivity contribution < 1.29 is 14.5 Å². The molecular formula is C15H12BrN3O4. The lowest BCUT2D eigenvalue weighted by Crippen LogP contribution is -2.18. The highest BCUT2D eigenvalue weighted by atomic mass is 79.9. The fraction of sp³-hybridized carbons (Fsp3) is 0.0667. The van der Waals surface area contributed by atoms with E-state index in [4.69, 9.17) is 4.74 Å². The summed E-state index contributed by atoms with van der Waals surface area (Å²) >= 11 is 3.30. The van der Waals surface area contributed by atoms with E-state index in [0.29, 0.717) is 16.9 Å². The summed E-state index contributed by atoms with van der Waals surface area (Å²) < 4.78 is 5.93. The van der Waals surface area contributed by atoms with E-state index in [2.05, 4.69) is 26.5 Å². The number of halogens is 1. The molecule has 0 aliphatic carbocycles. The molecule has 1 N–H and O–H groups in total. The van der Waals surface area contributed by atoms with Gasteiger partial charge in [0.2, 0.25) is 0 Å². The minimum Gasteiger partial charge on any atom is -0.496 e. The highest BCUT2D eigenvalue weighted by Gasteiger charge is 2.11. The Hall–Kier alpha value is -2.74. The number of hydrazone groups is 1. The average molecular weight is 378 g/mol. The van der Waals surface area contributed by atoms with Gasteiger partial charge in [-0.3, -0.25) is 14.9 Å². The third-order valence-corrected chi connectivity index (χ3v) is 3.39. The quantitative estimate of drug-likeness (QED) is 0.491. The van der Waals surface area contributed by atoms with Crippen molar-refractivity contribution in [2.24, 2.45) is 5.10 Å². The van der Waals surface area contributed by atoms with E-state index in [-0.39, 0.29) is 5.69 Å². The molecule has 0 unspecified atom stereocenters. The molecule has 2 rings (SSSR count). The maximum Gasteiger partial charge on any atom is 0.275 e. The van der Waals surface area contributed by atoms with Gasteiger partial charge < -0.3 is 4.74 Å². The largest absolute Gasteiger partial charge is 0.496 e. The zero-order valence-electron chi connectivity index (χ0n) is 12.0. The maximum atomic E-state index is 12.1. The summed E-state index contributed by atoms with van der Waals surface area (Å²) in [5.41, 5.74) is 3.34. The molecule has 0 aliphatic rings. The summed E-state index contributed by atoms with van der Waals surface area (Å²) in [7, 11) is 1.47. The molecule has 0 aliphatic heterocycles. The molecule has 0 heterocycles. The van der Waals surface area contributed by atoms with Gasteiger partial charge in [-0.2, -0.15) is 5.10 Å². The van der Waals surface area contributed by atoms with Crippen LogP contribution in [0.2, 0.25) is 0 Å². The number of carbonyl (C=O) groups excluding carboxylic acids is 1. The molecule has 2 aromatic carbocycles. The molecule has 1 amide bonds. The Morgan fingerprint density at radius 1 is 1.30 bits per heavy atom. The molecule has 8 heteroatoms. The third kappa shape index (κ3) is 4.36. The lowest BCUT2D eigenvalue weighted by molar-refractivity contribution is -0.384. The summed E-state index contributed by atoms with van der Waals surface area (Å²) in [6.07, 6.45) is 1.40. The van der Waals surface area contributed by atoms with Crippen molar-refractivity contribution in [3.05, 3.63) is 68.2 Å². The van der Waals surface area contributed by atoms with Crippen LogP contribution >= 0.6 is 15.9 Å². The second kappa shape index (κ2) is 7.50. The molecule has 7 nitrogen and oxygen atoms in total. The first-order valence-electron chi connectivity index (χ1n) is 6.42. The first kappa shape index (κ1) is 16.6. The van der Waals surface area contributed by atoms with Crippen LogP contribution in [0.1, 0.15) is 15.9 Å². The number of benzene rings is 2. The fourth-order valence-corrected chi connectivity index (χ4v) is 2.10. The normalized spacial score (nSPS) is 10.5. The topological polar surface area (TPSA) is 93.8 Å². The van der Waals surface area contributed by atoms with Crippen molar-refractivity contribution in [1.82, 2.24) is 5.43 Å². The molecular weight excluding hydrogens is 366 g/mol. The lowest BCUT2D eigenvalue weighted by Gasteiger charge is -2.07. The first-order valence-corrected chi connectivity index (χ1v) is 7.22. The minimum atomic E-state index is -0.484. The van der Waals surface area contributed by atoms with Crippen LogP contribution < -0.4 is 10.2 Å². The minimum absolute atomic E-state index is 0.00853. The Morgan fingerprint density at radius 3 is 2.61 bits per heavy atom. The SMILES string of the molecule is COc1cc(Br)ccc1C(=O)N/N=C\c1ccc([N+](=O)[O-])cc1. The third-order valence-electron chi connectivity index (χ3n) is 2.89. The fourth-order valence-electron chi connectivity index (χ4n) is 1.76. The van der Waals surface area contributed by atoms with Crippen molar-refractivity contribution in [1.29, 1.82) is 0 Å². The van der Waals surface area contributed by atoms with Gasteiger partial charge in [-0.25, -0.2) is 5.43 Å². The van der Waals surface area contributed by atoms with Gasteiger partial charge >= 0.3 is 0 Å². The summed E-state index contributed by atoms with van der Waals surface area (Å²) in [5, 5.41) is 14.4. The molecule has 0 spiro atoms. The van der Waals surface area contributed by atoms with E-state index in [1.807, 2.05) is 0 Å². The molecule has 0 radical (unpaired) electrons. The van der Waals surface area contributed by atoms with Crippen LogP contribution in [0.4, 0.5) is 5.69 Å². The number of nitro benzene ring substituents is 1. The van der Waals surface area contributed by atoms with Gasteiger partial charge in [0.15, 0.2) is 0 Å². The number of nitro groups is 1.